The van der Waals surface area contributed by atoms with E-state index in [2.05, 4.69) is 6.92 Å². The number of hydrogen-bond donors (Lipinski definition) is 4. The fourth-order valence-electron chi connectivity index (χ4n) is 5.90. The zero-order valence-electron chi connectivity index (χ0n) is 21.3. The molecule has 2 fully saturated rings. The number of hydrogen-bond acceptors (Lipinski definition) is 6. The van der Waals surface area contributed by atoms with E-state index < -0.39 is 11.2 Å². The molecule has 2 heterocycles. The van der Waals surface area contributed by atoms with Gasteiger partial charge >= 0.3 is 0 Å². The second kappa shape index (κ2) is 8.06. The molecule has 6 nitrogen and oxygen atoms in total. The molecule has 1 saturated heterocycles. The first-order valence-electron chi connectivity index (χ1n) is 12.1. The summed E-state index contributed by atoms with van der Waals surface area (Å²) in [5.41, 5.74) is 1.07. The fraction of sp³-hybridized carbons (Fsp3) is 0.571. The van der Waals surface area contributed by atoms with Crippen LogP contribution in [0.25, 0.3) is 11.6 Å². The van der Waals surface area contributed by atoms with E-state index in [4.69, 9.17) is 9.47 Å². The molecule has 0 unspecified atom stereocenters. The van der Waals surface area contributed by atoms with Crippen LogP contribution in [-0.2, 0) is 4.74 Å². The minimum Gasteiger partial charge on any atom is -0.507 e. The average Bonchev–Trinajstić information content (AvgIpc) is 2.77. The number of aromatic hydroxyl groups is 2. The molecule has 1 aliphatic carbocycles. The first-order chi connectivity index (χ1) is 15.7. The Labute approximate surface area is 202 Å². The summed E-state index contributed by atoms with van der Waals surface area (Å²) >= 11 is 0. The zero-order valence-corrected chi connectivity index (χ0v) is 21.3. The van der Waals surface area contributed by atoms with Crippen LogP contribution < -0.4 is 4.74 Å². The van der Waals surface area contributed by atoms with Crippen molar-refractivity contribution in [1.29, 1.82) is 0 Å². The highest BCUT2D eigenvalue weighted by atomic mass is 16.5. The lowest BCUT2D eigenvalue weighted by atomic mass is 9.59. The largest absolute Gasteiger partial charge is 0.507 e. The molecule has 1 aromatic rings. The average molecular weight is 471 g/mol. The van der Waals surface area contributed by atoms with Gasteiger partial charge in [-0.2, -0.15) is 0 Å². The van der Waals surface area contributed by atoms with Crippen LogP contribution >= 0.6 is 0 Å². The Hall–Kier alpha value is -2.44. The summed E-state index contributed by atoms with van der Waals surface area (Å²) in [6.45, 7) is 13.1. The van der Waals surface area contributed by atoms with Gasteiger partial charge in [0, 0.05) is 16.6 Å². The smallest absolute Gasteiger partial charge is 0.173 e. The summed E-state index contributed by atoms with van der Waals surface area (Å²) in [7, 11) is 0. The molecular weight excluding hydrogens is 432 g/mol. The number of rotatable bonds is 3. The Morgan fingerprint density at radius 2 is 1.82 bits per heavy atom. The maximum Gasteiger partial charge on any atom is 0.173 e. The Balaban J connectivity index is 1.81. The van der Waals surface area contributed by atoms with Crippen molar-refractivity contribution >= 4 is 11.6 Å². The number of phenolic OH excluding ortho intramolecular Hbond substituents is 2. The Kier molecular flexibility index (Phi) is 5.85. The number of allylic oxidation sites excluding steroid dienone is 3. The molecule has 4 rings (SSSR count). The van der Waals surface area contributed by atoms with Gasteiger partial charge in [0.05, 0.1) is 23.4 Å². The third-order valence-corrected chi connectivity index (χ3v) is 8.28. The number of benzene rings is 1. The van der Waals surface area contributed by atoms with Crippen LogP contribution in [0.3, 0.4) is 0 Å². The predicted octanol–water partition coefficient (Wildman–Crippen LogP) is 6.01. The lowest BCUT2D eigenvalue weighted by molar-refractivity contribution is -0.192. The van der Waals surface area contributed by atoms with Gasteiger partial charge in [0.2, 0.25) is 0 Å². The molecule has 0 radical (unpaired) electrons. The third kappa shape index (κ3) is 3.72. The van der Waals surface area contributed by atoms with Crippen molar-refractivity contribution in [1.82, 2.24) is 0 Å². The highest BCUT2D eigenvalue weighted by molar-refractivity contribution is 5.82. The van der Waals surface area contributed by atoms with Crippen molar-refractivity contribution in [3.63, 3.8) is 0 Å². The maximum atomic E-state index is 11.2. The van der Waals surface area contributed by atoms with Crippen molar-refractivity contribution in [3.8, 4) is 17.2 Å². The Bertz CT molecular complexity index is 1100. The molecule has 4 atom stereocenters. The zero-order chi connectivity index (χ0) is 25.2. The lowest BCUT2D eigenvalue weighted by Crippen LogP contribution is -2.58. The number of aliphatic hydroxyl groups excluding tert-OH is 1. The first kappa shape index (κ1) is 24.7. The van der Waals surface area contributed by atoms with E-state index in [1.807, 2.05) is 19.9 Å². The van der Waals surface area contributed by atoms with E-state index in [1.54, 1.807) is 33.8 Å². The minimum atomic E-state index is -0.908. The van der Waals surface area contributed by atoms with Crippen LogP contribution in [0.5, 0.6) is 17.2 Å². The van der Waals surface area contributed by atoms with E-state index in [9.17, 15) is 20.4 Å². The second-order valence-corrected chi connectivity index (χ2v) is 11.1. The van der Waals surface area contributed by atoms with E-state index >= 15 is 0 Å². The van der Waals surface area contributed by atoms with Crippen LogP contribution in [-0.4, -0.2) is 43.8 Å². The van der Waals surface area contributed by atoms with Gasteiger partial charge in [-0.1, -0.05) is 13.0 Å². The number of phenols is 2. The van der Waals surface area contributed by atoms with Crippen molar-refractivity contribution in [3.05, 3.63) is 40.2 Å². The SMILES string of the molecule is C/C=C(C)/C(O)=C(\C)c1cc(O)c2c(c1O)O[C@]1(C)CC[C@H]3O[C@@H](C(C)(C)O)CC[C@]3(C)C1=C2. The van der Waals surface area contributed by atoms with Gasteiger partial charge in [0.1, 0.15) is 17.1 Å². The van der Waals surface area contributed by atoms with Gasteiger partial charge in [-0.25, -0.2) is 0 Å². The van der Waals surface area contributed by atoms with E-state index in [0.29, 0.717) is 28.7 Å². The van der Waals surface area contributed by atoms with Gasteiger partial charge in [0.15, 0.2) is 11.5 Å². The van der Waals surface area contributed by atoms with E-state index in [1.165, 1.54) is 6.07 Å². The number of fused-ring (bicyclic) bond motifs is 4. The fourth-order valence-corrected chi connectivity index (χ4v) is 5.90. The van der Waals surface area contributed by atoms with E-state index in [-0.39, 0.29) is 40.6 Å². The summed E-state index contributed by atoms with van der Waals surface area (Å²) in [5, 5.41) is 43.2. The highest BCUT2D eigenvalue weighted by Gasteiger charge is 2.56. The second-order valence-electron chi connectivity index (χ2n) is 11.1. The lowest BCUT2D eigenvalue weighted by Gasteiger charge is -2.56. The molecule has 3 aliphatic rings. The number of ether oxygens (including phenoxy) is 2. The maximum absolute atomic E-state index is 11.2. The van der Waals surface area contributed by atoms with Crippen LogP contribution in [0.1, 0.15) is 85.3 Å². The molecule has 186 valence electrons. The molecule has 34 heavy (non-hydrogen) atoms. The quantitative estimate of drug-likeness (QED) is 0.245. The molecule has 0 bridgehead atoms. The third-order valence-electron chi connectivity index (χ3n) is 8.28. The standard InChI is InChI=1S/C28H38O6/c1-8-15(2)23(30)16(3)17-13-19(29)18-14-20-27(6)11-9-21(26(4,5)32)33-22(27)10-12-28(20,7)34-25(18)24(17)31/h8,13-14,21-22,29-32H,9-12H2,1-7H3/b15-8+,23-16-/t21-,22-,27-,28-/m1/s1. The monoisotopic (exact) mass is 470 g/mol. The van der Waals surface area contributed by atoms with Gasteiger partial charge in [-0.05, 0) is 90.5 Å². The summed E-state index contributed by atoms with van der Waals surface area (Å²) < 4.78 is 12.9. The molecule has 2 aliphatic heterocycles. The van der Waals surface area contributed by atoms with Gasteiger partial charge < -0.3 is 29.9 Å². The summed E-state index contributed by atoms with van der Waals surface area (Å²) in [5.74, 6) is 0.190. The van der Waals surface area contributed by atoms with Crippen LogP contribution in [0, 0.1) is 5.41 Å². The van der Waals surface area contributed by atoms with Crippen molar-refractivity contribution in [2.45, 2.75) is 97.6 Å². The van der Waals surface area contributed by atoms with Crippen LogP contribution in [0.4, 0.5) is 0 Å². The summed E-state index contributed by atoms with van der Waals surface area (Å²) in [6, 6.07) is 1.48. The molecule has 4 N–H and O–H groups in total. The summed E-state index contributed by atoms with van der Waals surface area (Å²) in [6.07, 6.45) is 6.44. The number of aliphatic hydroxyl groups is 2. The van der Waals surface area contributed by atoms with Crippen molar-refractivity contribution in [2.75, 3.05) is 0 Å². The molecule has 1 saturated carbocycles. The van der Waals surface area contributed by atoms with Crippen molar-refractivity contribution in [2.24, 2.45) is 5.41 Å². The Morgan fingerprint density at radius 3 is 2.44 bits per heavy atom. The topological polar surface area (TPSA) is 99.4 Å². The summed E-state index contributed by atoms with van der Waals surface area (Å²) in [4.78, 5) is 0. The Morgan fingerprint density at radius 1 is 1.15 bits per heavy atom. The molecule has 6 heteroatoms. The highest BCUT2D eigenvalue weighted by Crippen LogP contribution is 2.59. The van der Waals surface area contributed by atoms with Gasteiger partial charge in [-0.15, -0.1) is 0 Å². The normalized spacial score (nSPS) is 32.0. The predicted molar refractivity (Wildman–Crippen MR) is 133 cm³/mol. The van der Waals surface area contributed by atoms with Crippen LogP contribution in [0.15, 0.2) is 29.0 Å². The molecule has 0 aromatic heterocycles. The van der Waals surface area contributed by atoms with Gasteiger partial charge in [-0.3, -0.25) is 0 Å². The minimum absolute atomic E-state index is 0.0144. The first-order valence-corrected chi connectivity index (χ1v) is 12.1. The van der Waals surface area contributed by atoms with Crippen LogP contribution in [0.2, 0.25) is 0 Å². The molecule has 0 amide bonds. The molecule has 1 aromatic carbocycles. The van der Waals surface area contributed by atoms with Gasteiger partial charge in [0.25, 0.3) is 0 Å². The molecule has 0 spiro atoms. The molecular formula is C28H38O6. The van der Waals surface area contributed by atoms with E-state index in [0.717, 1.165) is 24.8 Å². The van der Waals surface area contributed by atoms with Crippen molar-refractivity contribution < 1.29 is 29.9 Å².